The van der Waals surface area contributed by atoms with Crippen molar-refractivity contribution in [3.63, 3.8) is 0 Å². The third-order valence-electron chi connectivity index (χ3n) is 6.02. The second-order valence-electron chi connectivity index (χ2n) is 7.83. The number of piperidine rings is 1. The zero-order valence-corrected chi connectivity index (χ0v) is 16.7. The van der Waals surface area contributed by atoms with Gasteiger partial charge in [0.2, 0.25) is 10.0 Å². The van der Waals surface area contributed by atoms with Crippen molar-refractivity contribution in [1.29, 1.82) is 0 Å². The highest BCUT2D eigenvalue weighted by atomic mass is 32.2. The predicted octanol–water partition coefficient (Wildman–Crippen LogP) is 3.05. The molecule has 2 aliphatic rings. The second kappa shape index (κ2) is 7.72. The summed E-state index contributed by atoms with van der Waals surface area (Å²) in [5, 5.41) is 0. The fourth-order valence-electron chi connectivity index (χ4n) is 4.60. The normalized spacial score (nSPS) is 23.4. The van der Waals surface area contributed by atoms with Gasteiger partial charge in [-0.3, -0.25) is 4.98 Å². The molecule has 2 fully saturated rings. The monoisotopic (exact) mass is 388 g/mol. The van der Waals surface area contributed by atoms with E-state index in [2.05, 4.69) is 9.88 Å². The maximum atomic E-state index is 12.3. The number of nitrogens with zero attached hydrogens (tertiary/aromatic N) is 4. The molecule has 0 radical (unpaired) electrons. The van der Waals surface area contributed by atoms with E-state index in [1.807, 2.05) is 30.5 Å². The van der Waals surface area contributed by atoms with Gasteiger partial charge in [0.1, 0.15) is 5.82 Å². The molecular weight excluding hydrogens is 360 g/mol. The molecule has 1 unspecified atom stereocenters. The lowest BCUT2D eigenvalue weighted by atomic mass is 9.87. The lowest BCUT2D eigenvalue weighted by Gasteiger charge is -2.40. The first-order chi connectivity index (χ1) is 13.0. The zero-order valence-electron chi connectivity index (χ0n) is 15.9. The van der Waals surface area contributed by atoms with E-state index in [1.165, 1.54) is 6.26 Å². The highest BCUT2D eigenvalue weighted by Crippen LogP contribution is 2.32. The van der Waals surface area contributed by atoms with Gasteiger partial charge in [-0.25, -0.2) is 13.4 Å². The quantitative estimate of drug-likeness (QED) is 0.808. The molecule has 0 amide bonds. The van der Waals surface area contributed by atoms with Gasteiger partial charge in [0.05, 0.1) is 23.5 Å². The summed E-state index contributed by atoms with van der Waals surface area (Å²) in [6.07, 6.45) is 9.47. The summed E-state index contributed by atoms with van der Waals surface area (Å²) >= 11 is 0. The maximum Gasteiger partial charge on any atom is 0.211 e. The Hall–Kier alpha value is -1.73. The Bertz CT molecular complexity index is 894. The van der Waals surface area contributed by atoms with Crippen LogP contribution < -0.4 is 4.90 Å². The lowest BCUT2D eigenvalue weighted by molar-refractivity contribution is 0.206. The minimum atomic E-state index is -3.14. The van der Waals surface area contributed by atoms with Crippen LogP contribution in [0.1, 0.15) is 38.5 Å². The van der Waals surface area contributed by atoms with Gasteiger partial charge in [-0.2, -0.15) is 4.31 Å². The van der Waals surface area contributed by atoms with E-state index in [1.54, 1.807) is 4.31 Å². The van der Waals surface area contributed by atoms with E-state index in [4.69, 9.17) is 4.98 Å². The van der Waals surface area contributed by atoms with Crippen molar-refractivity contribution in [2.45, 2.75) is 44.6 Å². The van der Waals surface area contributed by atoms with Crippen LogP contribution in [-0.2, 0) is 10.0 Å². The Morgan fingerprint density at radius 3 is 2.44 bits per heavy atom. The van der Waals surface area contributed by atoms with Crippen LogP contribution in [0.5, 0.6) is 0 Å². The SMILES string of the molecule is CS(=O)(=O)N1CCCCCC1C1CCN(c2cnc3ccccc3n2)CC1. The molecule has 1 aromatic carbocycles. The van der Waals surface area contributed by atoms with Gasteiger partial charge < -0.3 is 4.90 Å². The standard InChI is InChI=1S/C20H28N4O2S/c1-27(25,26)24-12-6-2-3-9-19(24)16-10-13-23(14-11-16)20-15-21-17-7-4-5-8-18(17)22-20/h4-5,7-8,15-16,19H,2-3,6,9-14H2,1H3. The molecule has 146 valence electrons. The number of hydrogen-bond acceptors (Lipinski definition) is 5. The van der Waals surface area contributed by atoms with E-state index < -0.39 is 10.0 Å². The summed E-state index contributed by atoms with van der Waals surface area (Å²) in [6, 6.07) is 8.09. The van der Waals surface area contributed by atoms with Crippen molar-refractivity contribution in [3.05, 3.63) is 30.5 Å². The largest absolute Gasteiger partial charge is 0.355 e. The van der Waals surface area contributed by atoms with Crippen LogP contribution >= 0.6 is 0 Å². The van der Waals surface area contributed by atoms with E-state index in [-0.39, 0.29) is 6.04 Å². The molecule has 1 aromatic heterocycles. The second-order valence-corrected chi connectivity index (χ2v) is 9.77. The van der Waals surface area contributed by atoms with Gasteiger partial charge in [-0.15, -0.1) is 0 Å². The van der Waals surface area contributed by atoms with Crippen LogP contribution in [0, 0.1) is 5.92 Å². The van der Waals surface area contributed by atoms with Gasteiger partial charge in [0.15, 0.2) is 0 Å². The highest BCUT2D eigenvalue weighted by Gasteiger charge is 2.35. The number of benzene rings is 1. The van der Waals surface area contributed by atoms with Gasteiger partial charge in [-0.1, -0.05) is 25.0 Å². The first-order valence-corrected chi connectivity index (χ1v) is 11.8. The highest BCUT2D eigenvalue weighted by molar-refractivity contribution is 7.88. The summed E-state index contributed by atoms with van der Waals surface area (Å²) in [4.78, 5) is 11.6. The average molecular weight is 389 g/mol. The first kappa shape index (κ1) is 18.6. The van der Waals surface area contributed by atoms with Crippen molar-refractivity contribution in [3.8, 4) is 0 Å². The summed E-state index contributed by atoms with van der Waals surface area (Å²) in [5.74, 6) is 1.36. The van der Waals surface area contributed by atoms with Crippen molar-refractivity contribution in [2.24, 2.45) is 5.92 Å². The Morgan fingerprint density at radius 1 is 0.963 bits per heavy atom. The van der Waals surface area contributed by atoms with Gasteiger partial charge in [0, 0.05) is 25.7 Å². The molecule has 27 heavy (non-hydrogen) atoms. The van der Waals surface area contributed by atoms with E-state index in [9.17, 15) is 8.42 Å². The van der Waals surface area contributed by atoms with E-state index >= 15 is 0 Å². The zero-order chi connectivity index (χ0) is 18.9. The molecule has 0 aliphatic carbocycles. The van der Waals surface area contributed by atoms with Crippen LogP contribution in [-0.4, -0.2) is 54.6 Å². The summed E-state index contributed by atoms with van der Waals surface area (Å²) < 4.78 is 26.4. The molecule has 1 atom stereocenters. The maximum absolute atomic E-state index is 12.3. The molecular formula is C20H28N4O2S. The van der Waals surface area contributed by atoms with Crippen molar-refractivity contribution in [1.82, 2.24) is 14.3 Å². The smallest absolute Gasteiger partial charge is 0.211 e. The third kappa shape index (κ3) is 4.09. The third-order valence-corrected chi connectivity index (χ3v) is 7.32. The fraction of sp³-hybridized carbons (Fsp3) is 0.600. The van der Waals surface area contributed by atoms with Crippen LogP contribution in [0.4, 0.5) is 5.82 Å². The van der Waals surface area contributed by atoms with Crippen LogP contribution in [0.15, 0.2) is 30.5 Å². The number of fused-ring (bicyclic) bond motifs is 1. The minimum absolute atomic E-state index is 0.160. The molecule has 3 heterocycles. The summed E-state index contributed by atoms with van der Waals surface area (Å²) in [6.45, 7) is 2.50. The van der Waals surface area contributed by atoms with Crippen molar-refractivity contribution in [2.75, 3.05) is 30.8 Å². The van der Waals surface area contributed by atoms with Crippen molar-refractivity contribution < 1.29 is 8.42 Å². The lowest BCUT2D eigenvalue weighted by Crippen LogP contribution is -2.47. The molecule has 7 heteroatoms. The van der Waals surface area contributed by atoms with Gasteiger partial charge in [-0.05, 0) is 43.7 Å². The number of rotatable bonds is 3. The Balaban J connectivity index is 1.47. The Morgan fingerprint density at radius 2 is 1.70 bits per heavy atom. The molecule has 4 rings (SSSR count). The van der Waals surface area contributed by atoms with E-state index in [0.717, 1.165) is 68.5 Å². The first-order valence-electron chi connectivity index (χ1n) is 9.96. The van der Waals surface area contributed by atoms with Gasteiger partial charge in [0.25, 0.3) is 0 Å². The summed E-state index contributed by atoms with van der Waals surface area (Å²) in [7, 11) is -3.14. The van der Waals surface area contributed by atoms with Crippen LogP contribution in [0.25, 0.3) is 11.0 Å². The molecule has 0 spiro atoms. The number of hydrogen-bond donors (Lipinski definition) is 0. The molecule has 0 saturated carbocycles. The van der Waals surface area contributed by atoms with Crippen molar-refractivity contribution >= 4 is 26.9 Å². The molecule has 2 aromatic rings. The number of aromatic nitrogens is 2. The number of sulfonamides is 1. The van der Waals surface area contributed by atoms with Crippen LogP contribution in [0.2, 0.25) is 0 Å². The van der Waals surface area contributed by atoms with E-state index in [0.29, 0.717) is 12.5 Å². The fourth-order valence-corrected chi connectivity index (χ4v) is 5.83. The number of anilines is 1. The van der Waals surface area contributed by atoms with Crippen LogP contribution in [0.3, 0.4) is 0 Å². The predicted molar refractivity (Wildman–Crippen MR) is 108 cm³/mol. The Kier molecular flexibility index (Phi) is 5.32. The Labute approximate surface area is 161 Å². The number of para-hydroxylation sites is 2. The molecule has 2 aliphatic heterocycles. The molecule has 6 nitrogen and oxygen atoms in total. The molecule has 2 saturated heterocycles. The minimum Gasteiger partial charge on any atom is -0.355 e. The average Bonchev–Trinajstić information content (AvgIpc) is 2.94. The summed E-state index contributed by atoms with van der Waals surface area (Å²) in [5.41, 5.74) is 1.84. The van der Waals surface area contributed by atoms with Gasteiger partial charge >= 0.3 is 0 Å². The molecule has 0 bridgehead atoms. The topological polar surface area (TPSA) is 66.4 Å². The molecule has 0 N–H and O–H groups in total.